The van der Waals surface area contributed by atoms with Crippen molar-refractivity contribution in [2.24, 2.45) is 0 Å². The van der Waals surface area contributed by atoms with Crippen molar-refractivity contribution < 1.29 is 40.6 Å². The van der Waals surface area contributed by atoms with Crippen LogP contribution in [-0.2, 0) is 11.2 Å². The summed E-state index contributed by atoms with van der Waals surface area (Å²) in [7, 11) is 3.23. The Morgan fingerprint density at radius 1 is 1.14 bits per heavy atom. The maximum Gasteiger partial charge on any atom is 0.358 e. The highest BCUT2D eigenvalue weighted by molar-refractivity contribution is 5.71. The molecule has 0 saturated carbocycles. The molecule has 0 spiro atoms. The van der Waals surface area contributed by atoms with Crippen LogP contribution in [0.15, 0.2) is 36.4 Å². The average molecular weight is 413 g/mol. The van der Waals surface area contributed by atoms with E-state index in [2.05, 4.69) is 12.1 Å². The number of ether oxygens (including phenoxy) is 2. The zero-order valence-electron chi connectivity index (χ0n) is 12.7. The van der Waals surface area contributed by atoms with Gasteiger partial charge in [0.1, 0.15) is 11.5 Å². The molecule has 22 heavy (non-hydrogen) atoms. The maximum absolute atomic E-state index is 10.9. The van der Waals surface area contributed by atoms with Gasteiger partial charge in [-0.1, -0.05) is 0 Å². The van der Waals surface area contributed by atoms with Gasteiger partial charge in [-0.05, 0) is 37.3 Å². The molecule has 0 aromatic heterocycles. The molecule has 2 aromatic carbocycles. The highest BCUT2D eigenvalue weighted by Crippen LogP contribution is 2.20. The van der Waals surface area contributed by atoms with E-state index in [1.54, 1.807) is 14.2 Å². The maximum atomic E-state index is 10.9. The van der Waals surface area contributed by atoms with Gasteiger partial charge in [0.25, 0.3) is 0 Å². The van der Waals surface area contributed by atoms with Crippen LogP contribution >= 0.6 is 0 Å². The van der Waals surface area contributed by atoms with Crippen LogP contribution in [0.2, 0.25) is 0 Å². The second-order valence-electron chi connectivity index (χ2n) is 4.74. The average Bonchev–Trinajstić information content (AvgIpc) is 2.50. The van der Waals surface area contributed by atoms with Crippen molar-refractivity contribution in [1.29, 1.82) is 0 Å². The summed E-state index contributed by atoms with van der Waals surface area (Å²) in [5.74, 6) is 0.644. The summed E-state index contributed by atoms with van der Waals surface area (Å²) in [4.78, 5) is 10.9. The molecule has 2 aromatic rings. The minimum atomic E-state index is -0.852. The lowest BCUT2D eigenvalue weighted by atomic mass is 10.1. The molecule has 0 bridgehead atoms. The summed E-state index contributed by atoms with van der Waals surface area (Å²) in [6, 6.07) is 12.0. The lowest BCUT2D eigenvalue weighted by Crippen LogP contribution is -3.61. The Bertz CT molecular complexity index is 665. The number of carboxylic acids is 1. The Kier molecular flexibility index (Phi) is 5.65. The van der Waals surface area contributed by atoms with E-state index in [0.29, 0.717) is 5.75 Å². The van der Waals surface area contributed by atoms with Gasteiger partial charge in [-0.25, -0.2) is 0 Å². The number of halogens is 1. The molecule has 0 radical (unpaired) electrons. The van der Waals surface area contributed by atoms with E-state index in [4.69, 9.17) is 14.6 Å². The summed E-state index contributed by atoms with van der Waals surface area (Å²) in [5.41, 5.74) is 1.83. The summed E-state index contributed by atoms with van der Waals surface area (Å²) in [6.07, 6.45) is -0.0227. The second kappa shape index (κ2) is 7.49. The fourth-order valence-electron chi connectivity index (χ4n) is 2.07. The van der Waals surface area contributed by atoms with Crippen molar-refractivity contribution in [1.82, 2.24) is 0 Å². The first kappa shape index (κ1) is 16.6. The number of rotatable bonds is 6. The summed E-state index contributed by atoms with van der Waals surface area (Å²) in [6.45, 7) is 2.02. The minimum Gasteiger partial charge on any atom is -0.497 e. The number of carbonyl (C=O) groups is 1. The smallest absolute Gasteiger partial charge is 0.358 e. The molecule has 4 nitrogen and oxygen atoms in total. The largest absolute Gasteiger partial charge is 0.497 e. The molecule has 0 aliphatic heterocycles. The number of carboxylic acid groups (broad SMARTS) is 1. The van der Waals surface area contributed by atoms with Gasteiger partial charge in [0, 0.05) is 17.2 Å². The van der Waals surface area contributed by atoms with Gasteiger partial charge in [0.05, 0.1) is 20.6 Å². The van der Waals surface area contributed by atoms with E-state index in [9.17, 15) is 4.79 Å². The van der Waals surface area contributed by atoms with Crippen molar-refractivity contribution in [3.05, 3.63) is 54.7 Å². The Morgan fingerprint density at radius 2 is 1.82 bits per heavy atom. The van der Waals surface area contributed by atoms with Crippen LogP contribution in [-0.4, -0.2) is 25.3 Å². The Hall–Kier alpha value is -1.76. The number of methoxy groups -OCH3 is 2. The molecule has 0 fully saturated rings. The molecule has 0 saturated heterocycles. The summed E-state index contributed by atoms with van der Waals surface area (Å²) >= 11 is -0.351. The number of aliphatic carboxylic acids is 1. The lowest BCUT2D eigenvalue weighted by molar-refractivity contribution is -0.598. The van der Waals surface area contributed by atoms with Crippen molar-refractivity contribution in [2.75, 3.05) is 14.2 Å². The van der Waals surface area contributed by atoms with Gasteiger partial charge in [-0.3, -0.25) is 4.79 Å². The van der Waals surface area contributed by atoms with Crippen LogP contribution in [0.1, 0.15) is 11.1 Å². The third kappa shape index (κ3) is 4.13. The fourth-order valence-corrected chi connectivity index (χ4v) is 4.48. The van der Waals surface area contributed by atoms with E-state index in [1.807, 2.05) is 31.2 Å². The van der Waals surface area contributed by atoms with Crippen molar-refractivity contribution in [3.8, 4) is 11.5 Å². The first-order chi connectivity index (χ1) is 10.5. The number of aryl methyl sites for hydroxylation is 1. The first-order valence-corrected chi connectivity index (χ1v) is 8.87. The van der Waals surface area contributed by atoms with E-state index in [0.717, 1.165) is 16.9 Å². The second-order valence-corrected chi connectivity index (χ2v) is 7.68. The number of hydrogen-bond donors (Lipinski definition) is 1. The predicted octanol–water partition coefficient (Wildman–Crippen LogP) is -0.232. The molecule has 0 heterocycles. The molecular weight excluding hydrogens is 395 g/mol. The van der Waals surface area contributed by atoms with E-state index < -0.39 is 5.97 Å². The van der Waals surface area contributed by atoms with Crippen molar-refractivity contribution >= 4 is 5.97 Å². The topological polar surface area (TPSA) is 55.8 Å². The quantitative estimate of drug-likeness (QED) is 0.665. The van der Waals surface area contributed by atoms with E-state index >= 15 is 0 Å². The zero-order valence-corrected chi connectivity index (χ0v) is 14.9. The van der Waals surface area contributed by atoms with Crippen LogP contribution in [0.4, 0.5) is 0 Å². The summed E-state index contributed by atoms with van der Waals surface area (Å²) < 4.78 is 13.0. The molecule has 116 valence electrons. The van der Waals surface area contributed by atoms with Gasteiger partial charge in [-0.2, -0.15) is 0 Å². The van der Waals surface area contributed by atoms with Crippen LogP contribution < -0.4 is 30.7 Å². The third-order valence-electron chi connectivity index (χ3n) is 3.16. The third-order valence-corrected chi connectivity index (χ3v) is 6.25. The van der Waals surface area contributed by atoms with Crippen LogP contribution in [0.25, 0.3) is 0 Å². The Morgan fingerprint density at radius 3 is 2.36 bits per heavy atom. The summed E-state index contributed by atoms with van der Waals surface area (Å²) in [5, 5.41) is 8.97. The minimum absolute atomic E-state index is 0.0227. The molecule has 2 rings (SSSR count). The monoisotopic (exact) mass is 413 g/mol. The molecule has 0 amide bonds. The van der Waals surface area contributed by atoms with Gasteiger partial charge >= 0.3 is 27.2 Å². The molecular formula is C17H18IO4+. The molecule has 0 atom stereocenters. The Labute approximate surface area is 140 Å². The van der Waals surface area contributed by atoms with Crippen LogP contribution in [0.3, 0.4) is 0 Å². The Balaban J connectivity index is 2.28. The van der Waals surface area contributed by atoms with E-state index in [-0.39, 0.29) is 27.6 Å². The van der Waals surface area contributed by atoms with E-state index in [1.165, 1.54) is 7.14 Å². The molecule has 0 aliphatic rings. The van der Waals surface area contributed by atoms with Gasteiger partial charge in [0.2, 0.25) is 3.57 Å². The van der Waals surface area contributed by atoms with Crippen LogP contribution in [0, 0.1) is 14.1 Å². The molecule has 0 aliphatic carbocycles. The lowest BCUT2D eigenvalue weighted by Gasteiger charge is -2.07. The molecule has 1 N–H and O–H groups in total. The van der Waals surface area contributed by atoms with Crippen LogP contribution in [0.5, 0.6) is 11.5 Å². The number of hydrogen-bond acceptors (Lipinski definition) is 3. The number of benzene rings is 2. The normalized spacial score (nSPS) is 10.3. The highest BCUT2D eigenvalue weighted by atomic mass is 127. The van der Waals surface area contributed by atoms with Gasteiger partial charge in [0.15, 0.2) is 3.57 Å². The zero-order chi connectivity index (χ0) is 16.1. The first-order valence-electron chi connectivity index (χ1n) is 6.71. The molecule has 0 unspecified atom stereocenters. The highest BCUT2D eigenvalue weighted by Gasteiger charge is 2.22. The SMILES string of the molecule is COc1ccc([I+]c2cc(OC)c(CC(=O)O)cc2C)cc1. The van der Waals surface area contributed by atoms with Crippen molar-refractivity contribution in [3.63, 3.8) is 0 Å². The standard InChI is InChI=1S/C17H17IO4/c1-11-8-12(9-17(19)20)16(22-3)10-15(11)18-13-4-6-14(21-2)7-5-13/h4-8,10H,9H2,1-3H3/p+1. The predicted molar refractivity (Wildman–Crippen MR) is 79.5 cm³/mol. The molecule has 5 heteroatoms. The van der Waals surface area contributed by atoms with Gasteiger partial charge < -0.3 is 14.6 Å². The fraction of sp³-hybridized carbons (Fsp3) is 0.235. The van der Waals surface area contributed by atoms with Gasteiger partial charge in [-0.15, -0.1) is 0 Å². The van der Waals surface area contributed by atoms with Crippen molar-refractivity contribution in [2.45, 2.75) is 13.3 Å².